The first kappa shape index (κ1) is 15.2. The molecule has 1 rings (SSSR count). The van der Waals surface area contributed by atoms with Crippen molar-refractivity contribution >= 4 is 11.8 Å². The van der Waals surface area contributed by atoms with Gasteiger partial charge in [0.15, 0.2) is 0 Å². The second-order valence-corrected chi connectivity index (χ2v) is 4.51. The van der Waals surface area contributed by atoms with Gasteiger partial charge in [-0.2, -0.15) is 0 Å². The fourth-order valence-corrected chi connectivity index (χ4v) is 1.93. The quantitative estimate of drug-likeness (QED) is 0.845. The molecule has 0 aliphatic carbocycles. The fraction of sp³-hybridized carbons (Fsp3) is 0.467. The van der Waals surface area contributed by atoms with E-state index in [1.54, 1.807) is 4.90 Å². The first-order chi connectivity index (χ1) is 9.06. The van der Waals surface area contributed by atoms with Crippen LogP contribution in [-0.4, -0.2) is 36.3 Å². The van der Waals surface area contributed by atoms with Gasteiger partial charge in [-0.15, -0.1) is 0 Å². The molecule has 0 bridgehead atoms. The molecular weight excluding hydrogens is 240 g/mol. The minimum absolute atomic E-state index is 0.0393. The number of hydrogen-bond acceptors (Lipinski definition) is 2. The Balaban J connectivity index is 2.42. The highest BCUT2D eigenvalue weighted by Crippen LogP contribution is 2.04. The number of carbonyl (C=O) groups excluding carboxylic acids is 2. The zero-order chi connectivity index (χ0) is 14.3. The molecule has 0 aliphatic rings. The summed E-state index contributed by atoms with van der Waals surface area (Å²) in [5.41, 5.74) is 2.09. The van der Waals surface area contributed by atoms with Crippen LogP contribution >= 0.6 is 0 Å². The third-order valence-electron chi connectivity index (χ3n) is 3.00. The summed E-state index contributed by atoms with van der Waals surface area (Å²) in [4.78, 5) is 25.2. The summed E-state index contributed by atoms with van der Waals surface area (Å²) in [7, 11) is 0. The Morgan fingerprint density at radius 2 is 1.89 bits per heavy atom. The molecule has 0 saturated heterocycles. The standard InChI is InChI=1S/C15H22N2O2/c1-4-17(5-2)15(19)11-16-14(18)10-13-8-6-7-12(3)9-13/h6-9H,4-5,10-11H2,1-3H3,(H,16,18). The van der Waals surface area contributed by atoms with Crippen LogP contribution in [0.3, 0.4) is 0 Å². The number of nitrogens with one attached hydrogen (secondary N) is 1. The van der Waals surface area contributed by atoms with Crippen molar-refractivity contribution in [3.05, 3.63) is 35.4 Å². The highest BCUT2D eigenvalue weighted by atomic mass is 16.2. The lowest BCUT2D eigenvalue weighted by Gasteiger charge is -2.18. The third kappa shape index (κ3) is 5.12. The van der Waals surface area contributed by atoms with E-state index in [4.69, 9.17) is 0 Å². The molecule has 0 saturated carbocycles. The van der Waals surface area contributed by atoms with Crippen LogP contribution in [0.4, 0.5) is 0 Å². The highest BCUT2D eigenvalue weighted by molar-refractivity contribution is 5.85. The number of benzene rings is 1. The van der Waals surface area contributed by atoms with Crippen molar-refractivity contribution in [1.82, 2.24) is 10.2 Å². The van der Waals surface area contributed by atoms with Crippen LogP contribution in [0.25, 0.3) is 0 Å². The Hall–Kier alpha value is -1.84. The number of nitrogens with zero attached hydrogens (tertiary/aromatic N) is 1. The highest BCUT2D eigenvalue weighted by Gasteiger charge is 2.11. The summed E-state index contributed by atoms with van der Waals surface area (Å²) >= 11 is 0. The Morgan fingerprint density at radius 1 is 1.21 bits per heavy atom. The van der Waals surface area contributed by atoms with E-state index in [1.807, 2.05) is 45.0 Å². The van der Waals surface area contributed by atoms with Crippen molar-refractivity contribution < 1.29 is 9.59 Å². The molecule has 4 nitrogen and oxygen atoms in total. The van der Waals surface area contributed by atoms with E-state index < -0.39 is 0 Å². The van der Waals surface area contributed by atoms with E-state index >= 15 is 0 Å². The molecule has 0 radical (unpaired) electrons. The van der Waals surface area contributed by atoms with Crippen LogP contribution in [0.15, 0.2) is 24.3 Å². The minimum Gasteiger partial charge on any atom is -0.347 e. The normalized spacial score (nSPS) is 10.1. The molecule has 0 aromatic heterocycles. The summed E-state index contributed by atoms with van der Waals surface area (Å²) in [6, 6.07) is 7.81. The van der Waals surface area contributed by atoms with Gasteiger partial charge in [-0.25, -0.2) is 0 Å². The lowest BCUT2D eigenvalue weighted by molar-refractivity contribution is -0.132. The van der Waals surface area contributed by atoms with E-state index in [9.17, 15) is 9.59 Å². The van der Waals surface area contributed by atoms with Gasteiger partial charge in [0, 0.05) is 13.1 Å². The molecule has 0 unspecified atom stereocenters. The predicted molar refractivity (Wildman–Crippen MR) is 75.8 cm³/mol. The zero-order valence-corrected chi connectivity index (χ0v) is 11.9. The SMILES string of the molecule is CCN(CC)C(=O)CNC(=O)Cc1cccc(C)c1. The molecule has 104 valence electrons. The maximum Gasteiger partial charge on any atom is 0.241 e. The molecule has 19 heavy (non-hydrogen) atoms. The summed E-state index contributed by atoms with van der Waals surface area (Å²) < 4.78 is 0. The van der Waals surface area contributed by atoms with Gasteiger partial charge >= 0.3 is 0 Å². The van der Waals surface area contributed by atoms with Crippen LogP contribution in [0.1, 0.15) is 25.0 Å². The average molecular weight is 262 g/mol. The lowest BCUT2D eigenvalue weighted by atomic mass is 10.1. The third-order valence-corrected chi connectivity index (χ3v) is 3.00. The molecule has 0 heterocycles. The number of aryl methyl sites for hydroxylation is 1. The summed E-state index contributed by atoms with van der Waals surface area (Å²) in [6.45, 7) is 7.26. The summed E-state index contributed by atoms with van der Waals surface area (Å²) in [5.74, 6) is -0.159. The maximum absolute atomic E-state index is 11.7. The Bertz CT molecular complexity index is 440. The number of amides is 2. The van der Waals surface area contributed by atoms with Crippen LogP contribution < -0.4 is 5.32 Å². The van der Waals surface area contributed by atoms with Gasteiger partial charge in [0.2, 0.25) is 11.8 Å². The maximum atomic E-state index is 11.7. The van der Waals surface area contributed by atoms with Gasteiger partial charge in [-0.1, -0.05) is 29.8 Å². The average Bonchev–Trinajstić information content (AvgIpc) is 2.38. The second-order valence-electron chi connectivity index (χ2n) is 4.51. The second kappa shape index (κ2) is 7.56. The van der Waals surface area contributed by atoms with Gasteiger partial charge in [0.25, 0.3) is 0 Å². The molecule has 1 aromatic carbocycles. The van der Waals surface area contributed by atoms with E-state index in [1.165, 1.54) is 0 Å². The smallest absolute Gasteiger partial charge is 0.241 e. The van der Waals surface area contributed by atoms with Gasteiger partial charge in [-0.05, 0) is 26.3 Å². The summed E-state index contributed by atoms with van der Waals surface area (Å²) in [5, 5.41) is 2.67. The van der Waals surface area contributed by atoms with E-state index in [-0.39, 0.29) is 18.4 Å². The molecule has 0 fully saturated rings. The largest absolute Gasteiger partial charge is 0.347 e. The van der Waals surface area contributed by atoms with Crippen molar-refractivity contribution in [2.24, 2.45) is 0 Å². The van der Waals surface area contributed by atoms with E-state index in [2.05, 4.69) is 5.32 Å². The fourth-order valence-electron chi connectivity index (χ4n) is 1.93. The number of rotatable bonds is 6. The Morgan fingerprint density at radius 3 is 2.47 bits per heavy atom. The Kier molecular flexibility index (Phi) is 6.06. The Labute approximate surface area is 114 Å². The molecule has 1 N–H and O–H groups in total. The van der Waals surface area contributed by atoms with Gasteiger partial charge in [-0.3, -0.25) is 9.59 Å². The molecule has 2 amide bonds. The lowest BCUT2D eigenvalue weighted by Crippen LogP contribution is -2.40. The van der Waals surface area contributed by atoms with Crippen molar-refractivity contribution in [3.8, 4) is 0 Å². The predicted octanol–water partition coefficient (Wildman–Crippen LogP) is 1.52. The number of hydrogen-bond donors (Lipinski definition) is 1. The van der Waals surface area contributed by atoms with Gasteiger partial charge < -0.3 is 10.2 Å². The topological polar surface area (TPSA) is 49.4 Å². The number of carbonyl (C=O) groups is 2. The van der Waals surface area contributed by atoms with Crippen molar-refractivity contribution in [3.63, 3.8) is 0 Å². The van der Waals surface area contributed by atoms with Crippen molar-refractivity contribution in [2.75, 3.05) is 19.6 Å². The number of likely N-dealkylation sites (N-methyl/N-ethyl adjacent to an activating group) is 1. The molecule has 1 aromatic rings. The molecular formula is C15H22N2O2. The van der Waals surface area contributed by atoms with Crippen LogP contribution in [0, 0.1) is 6.92 Å². The van der Waals surface area contributed by atoms with Crippen LogP contribution in [-0.2, 0) is 16.0 Å². The van der Waals surface area contributed by atoms with Crippen molar-refractivity contribution in [1.29, 1.82) is 0 Å². The van der Waals surface area contributed by atoms with Crippen LogP contribution in [0.5, 0.6) is 0 Å². The van der Waals surface area contributed by atoms with E-state index in [0.29, 0.717) is 19.5 Å². The molecule has 0 atom stereocenters. The molecule has 0 spiro atoms. The van der Waals surface area contributed by atoms with Crippen molar-refractivity contribution in [2.45, 2.75) is 27.2 Å². The molecule has 4 heteroatoms. The van der Waals surface area contributed by atoms with Gasteiger partial charge in [0.05, 0.1) is 13.0 Å². The first-order valence-electron chi connectivity index (χ1n) is 6.66. The van der Waals surface area contributed by atoms with Crippen LogP contribution in [0.2, 0.25) is 0 Å². The van der Waals surface area contributed by atoms with Gasteiger partial charge in [0.1, 0.15) is 0 Å². The first-order valence-corrected chi connectivity index (χ1v) is 6.66. The monoisotopic (exact) mass is 262 g/mol. The van der Waals surface area contributed by atoms with E-state index in [0.717, 1.165) is 11.1 Å². The summed E-state index contributed by atoms with van der Waals surface area (Å²) in [6.07, 6.45) is 0.313. The molecule has 0 aliphatic heterocycles. The zero-order valence-electron chi connectivity index (χ0n) is 11.9. The minimum atomic E-state index is -0.119.